The summed E-state index contributed by atoms with van der Waals surface area (Å²) in [6.07, 6.45) is -1.24. The number of hydrogen-bond donors (Lipinski definition) is 2. The summed E-state index contributed by atoms with van der Waals surface area (Å²) in [6.45, 7) is 0. The Balaban J connectivity index is 2.01. The molecule has 1 aromatic carbocycles. The molecule has 1 aromatic heterocycles. The molecule has 2 aromatic rings. The minimum absolute atomic E-state index is 0.00799. The molecule has 3 N–H and O–H groups in total. The molecule has 7 heteroatoms. The summed E-state index contributed by atoms with van der Waals surface area (Å²) in [7, 11) is 0. The molecule has 1 heterocycles. The first kappa shape index (κ1) is 16.3. The Morgan fingerprint density at radius 1 is 1.22 bits per heavy atom. The third-order valence-corrected chi connectivity index (χ3v) is 4.35. The number of benzene rings is 1. The maximum atomic E-state index is 13.3. The van der Waals surface area contributed by atoms with Gasteiger partial charge in [0, 0.05) is 22.5 Å². The topological polar surface area (TPSA) is 50.9 Å². The number of halogens is 4. The van der Waals surface area contributed by atoms with Crippen LogP contribution in [0.1, 0.15) is 31.4 Å². The molecule has 0 amide bonds. The summed E-state index contributed by atoms with van der Waals surface area (Å²) in [5.74, 6) is 0. The van der Waals surface area contributed by atoms with E-state index in [1.54, 1.807) is 6.07 Å². The number of fused-ring (bicyclic) bond motifs is 1. The van der Waals surface area contributed by atoms with Crippen LogP contribution >= 0.6 is 11.6 Å². The molecule has 23 heavy (non-hydrogen) atoms. The molecule has 3 rings (SSSR count). The van der Waals surface area contributed by atoms with Crippen molar-refractivity contribution in [3.63, 3.8) is 0 Å². The van der Waals surface area contributed by atoms with Crippen molar-refractivity contribution in [1.82, 2.24) is 4.98 Å². The fourth-order valence-corrected chi connectivity index (χ4v) is 3.23. The number of nitrogens with one attached hydrogen (secondary N) is 1. The molecule has 0 radical (unpaired) electrons. The van der Waals surface area contributed by atoms with Crippen LogP contribution in [0.4, 0.5) is 18.9 Å². The van der Waals surface area contributed by atoms with Gasteiger partial charge in [0.05, 0.1) is 11.2 Å². The van der Waals surface area contributed by atoms with E-state index in [-0.39, 0.29) is 23.3 Å². The number of aromatic nitrogens is 1. The van der Waals surface area contributed by atoms with Crippen molar-refractivity contribution in [2.24, 2.45) is 5.73 Å². The largest absolute Gasteiger partial charge is 0.435 e. The normalized spacial score (nSPS) is 22.3. The van der Waals surface area contributed by atoms with Gasteiger partial charge >= 0.3 is 6.18 Å². The number of pyridine rings is 1. The first-order valence-corrected chi connectivity index (χ1v) is 7.90. The monoisotopic (exact) mass is 343 g/mol. The molecule has 1 aliphatic rings. The Bertz CT molecular complexity index is 718. The molecule has 1 fully saturated rings. The van der Waals surface area contributed by atoms with E-state index in [1.165, 1.54) is 18.2 Å². The van der Waals surface area contributed by atoms with Gasteiger partial charge in [0.25, 0.3) is 0 Å². The number of rotatable bonds is 2. The maximum absolute atomic E-state index is 13.3. The van der Waals surface area contributed by atoms with Crippen LogP contribution in [0.5, 0.6) is 0 Å². The van der Waals surface area contributed by atoms with E-state index >= 15 is 0 Å². The van der Waals surface area contributed by atoms with Gasteiger partial charge < -0.3 is 11.1 Å². The summed E-state index contributed by atoms with van der Waals surface area (Å²) in [4.78, 5) is 3.79. The lowest BCUT2D eigenvalue weighted by Gasteiger charge is -2.29. The molecule has 0 bridgehead atoms. The Morgan fingerprint density at radius 3 is 2.70 bits per heavy atom. The highest BCUT2D eigenvalue weighted by atomic mass is 35.5. The smallest absolute Gasteiger partial charge is 0.380 e. The second-order valence-electron chi connectivity index (χ2n) is 5.99. The minimum atomic E-state index is -4.52. The number of nitrogens with zero attached hydrogens (tertiary/aromatic N) is 1. The number of hydrogen-bond acceptors (Lipinski definition) is 3. The molecule has 3 nitrogen and oxygen atoms in total. The molecule has 0 saturated heterocycles. The predicted octanol–water partition coefficient (Wildman–Crippen LogP) is 4.59. The van der Waals surface area contributed by atoms with Crippen molar-refractivity contribution in [3.8, 4) is 0 Å². The molecule has 0 aliphatic heterocycles. The standard InChI is InChI=1S/C16H17ClF3N3/c17-10-4-5-13-9(6-10)7-14(15(23-13)16(18,19)20)22-12-3-1-2-11(21)8-12/h4-7,11-12,22H,1-3,8,21H2/t11-,12+/m1/s1. The fraction of sp³-hybridized carbons (Fsp3) is 0.438. The van der Waals surface area contributed by atoms with Crippen LogP contribution in [0.25, 0.3) is 10.9 Å². The fourth-order valence-electron chi connectivity index (χ4n) is 3.05. The zero-order chi connectivity index (χ0) is 16.6. The van der Waals surface area contributed by atoms with Gasteiger partial charge in [-0.25, -0.2) is 4.98 Å². The van der Waals surface area contributed by atoms with Crippen LogP contribution in [0, 0.1) is 0 Å². The van der Waals surface area contributed by atoms with E-state index in [9.17, 15) is 13.2 Å². The van der Waals surface area contributed by atoms with Crippen molar-refractivity contribution in [1.29, 1.82) is 0 Å². The zero-order valence-electron chi connectivity index (χ0n) is 12.3. The third kappa shape index (κ3) is 3.70. The van der Waals surface area contributed by atoms with E-state index in [0.29, 0.717) is 16.8 Å². The SMILES string of the molecule is N[C@@H]1CCC[C@H](Nc2cc3cc(Cl)ccc3nc2C(F)(F)F)C1. The average molecular weight is 344 g/mol. The Morgan fingerprint density at radius 2 is 2.00 bits per heavy atom. The molecule has 1 aliphatic carbocycles. The number of anilines is 1. The van der Waals surface area contributed by atoms with E-state index in [4.69, 9.17) is 17.3 Å². The van der Waals surface area contributed by atoms with Crippen LogP contribution in [-0.4, -0.2) is 17.1 Å². The van der Waals surface area contributed by atoms with Crippen molar-refractivity contribution in [3.05, 3.63) is 35.0 Å². The van der Waals surface area contributed by atoms with Gasteiger partial charge in [-0.3, -0.25) is 0 Å². The van der Waals surface area contributed by atoms with Crippen molar-refractivity contribution in [2.45, 2.75) is 43.9 Å². The van der Waals surface area contributed by atoms with Crippen LogP contribution < -0.4 is 11.1 Å². The quantitative estimate of drug-likeness (QED) is 0.838. The molecule has 1 saturated carbocycles. The van der Waals surface area contributed by atoms with Gasteiger partial charge in [0.15, 0.2) is 5.69 Å². The number of nitrogens with two attached hydrogens (primary N) is 1. The third-order valence-electron chi connectivity index (χ3n) is 4.12. The summed E-state index contributed by atoms with van der Waals surface area (Å²) in [5.41, 5.74) is 5.28. The van der Waals surface area contributed by atoms with Crippen molar-refractivity contribution >= 4 is 28.2 Å². The second-order valence-corrected chi connectivity index (χ2v) is 6.42. The van der Waals surface area contributed by atoms with E-state index in [2.05, 4.69) is 10.3 Å². The second kappa shape index (κ2) is 6.17. The predicted molar refractivity (Wildman–Crippen MR) is 85.6 cm³/mol. The highest BCUT2D eigenvalue weighted by Gasteiger charge is 2.36. The number of alkyl halides is 3. The average Bonchev–Trinajstić information content (AvgIpc) is 2.45. The minimum Gasteiger partial charge on any atom is -0.380 e. The lowest BCUT2D eigenvalue weighted by molar-refractivity contribution is -0.140. The van der Waals surface area contributed by atoms with E-state index < -0.39 is 11.9 Å². The first-order chi connectivity index (χ1) is 10.8. The summed E-state index contributed by atoms with van der Waals surface area (Å²) in [5, 5.41) is 4.03. The summed E-state index contributed by atoms with van der Waals surface area (Å²) < 4.78 is 40.0. The van der Waals surface area contributed by atoms with E-state index in [0.717, 1.165) is 19.3 Å². The van der Waals surface area contributed by atoms with Gasteiger partial charge in [-0.2, -0.15) is 13.2 Å². The lowest BCUT2D eigenvalue weighted by atomic mass is 9.91. The van der Waals surface area contributed by atoms with Crippen LogP contribution in [0.2, 0.25) is 5.02 Å². The molecular formula is C16H17ClF3N3. The van der Waals surface area contributed by atoms with Gasteiger partial charge in [-0.1, -0.05) is 11.6 Å². The van der Waals surface area contributed by atoms with Crippen LogP contribution in [0.15, 0.2) is 24.3 Å². The molecular weight excluding hydrogens is 327 g/mol. The first-order valence-electron chi connectivity index (χ1n) is 7.52. The van der Waals surface area contributed by atoms with Gasteiger partial charge in [0.2, 0.25) is 0 Å². The molecule has 0 unspecified atom stereocenters. The Labute approximate surface area is 137 Å². The highest BCUT2D eigenvalue weighted by molar-refractivity contribution is 6.31. The van der Waals surface area contributed by atoms with E-state index in [1.807, 2.05) is 0 Å². The Hall–Kier alpha value is -1.53. The maximum Gasteiger partial charge on any atom is 0.435 e. The molecule has 0 spiro atoms. The van der Waals surface area contributed by atoms with Crippen LogP contribution in [-0.2, 0) is 6.18 Å². The summed E-state index contributed by atoms with van der Waals surface area (Å²) >= 11 is 5.92. The Kier molecular flexibility index (Phi) is 4.38. The van der Waals surface area contributed by atoms with Gasteiger partial charge in [0.1, 0.15) is 0 Å². The van der Waals surface area contributed by atoms with Gasteiger partial charge in [-0.15, -0.1) is 0 Å². The van der Waals surface area contributed by atoms with Crippen molar-refractivity contribution < 1.29 is 13.2 Å². The van der Waals surface area contributed by atoms with Crippen LogP contribution in [0.3, 0.4) is 0 Å². The highest BCUT2D eigenvalue weighted by Crippen LogP contribution is 2.36. The lowest BCUT2D eigenvalue weighted by Crippen LogP contribution is -2.35. The molecule has 124 valence electrons. The van der Waals surface area contributed by atoms with Crippen molar-refractivity contribution in [2.75, 3.05) is 5.32 Å². The van der Waals surface area contributed by atoms with Gasteiger partial charge in [-0.05, 0) is 49.9 Å². The molecule has 2 atom stereocenters. The zero-order valence-corrected chi connectivity index (χ0v) is 13.1. The summed E-state index contributed by atoms with van der Waals surface area (Å²) in [6, 6.07) is 6.06.